The van der Waals surface area contributed by atoms with Crippen LogP contribution in [-0.4, -0.2) is 43.2 Å². The van der Waals surface area contributed by atoms with Crippen molar-refractivity contribution in [1.82, 2.24) is 5.32 Å². The van der Waals surface area contributed by atoms with Gasteiger partial charge < -0.3 is 14.2 Å². The molecular weight excluding hydrogens is 618 g/mol. The summed E-state index contributed by atoms with van der Waals surface area (Å²) in [6, 6.07) is 7.98. The van der Waals surface area contributed by atoms with E-state index in [4.69, 9.17) is 49.6 Å². The Morgan fingerprint density at radius 2 is 2.00 bits per heavy atom. The third-order valence-corrected chi connectivity index (χ3v) is 6.37. The van der Waals surface area contributed by atoms with E-state index in [0.29, 0.717) is 20.6 Å². The molecule has 1 fully saturated rings. The van der Waals surface area contributed by atoms with E-state index in [0.717, 1.165) is 4.90 Å². The van der Waals surface area contributed by atoms with E-state index in [1.807, 2.05) is 22.6 Å². The van der Waals surface area contributed by atoms with E-state index < -0.39 is 17.8 Å². The Morgan fingerprint density at radius 1 is 1.26 bits per heavy atom. The van der Waals surface area contributed by atoms with Gasteiger partial charge in [0.2, 0.25) is 0 Å². The number of carbonyl (C=O) groups excluding carboxylic acids is 3. The van der Waals surface area contributed by atoms with Gasteiger partial charge in [-0.3, -0.25) is 19.8 Å². The summed E-state index contributed by atoms with van der Waals surface area (Å²) in [4.78, 5) is 38.6. The normalized spacial score (nSPS) is 14.8. The first kappa shape index (κ1) is 26.2. The number of halogens is 3. The van der Waals surface area contributed by atoms with Crippen molar-refractivity contribution in [2.45, 2.75) is 6.92 Å². The Morgan fingerprint density at radius 3 is 2.68 bits per heavy atom. The van der Waals surface area contributed by atoms with Crippen LogP contribution in [0.4, 0.5) is 5.69 Å². The average Bonchev–Trinajstić information content (AvgIpc) is 2.78. The largest absolute Gasteiger partial charge is 0.493 e. The molecule has 1 heterocycles. The summed E-state index contributed by atoms with van der Waals surface area (Å²) < 4.78 is 16.4. The molecule has 1 aliphatic rings. The van der Waals surface area contributed by atoms with E-state index in [-0.39, 0.29) is 39.6 Å². The molecule has 2 aromatic carbocycles. The van der Waals surface area contributed by atoms with Crippen molar-refractivity contribution in [2.24, 2.45) is 0 Å². The highest BCUT2D eigenvalue weighted by Gasteiger charge is 2.35. The number of anilines is 1. The highest BCUT2D eigenvalue weighted by molar-refractivity contribution is 14.1. The van der Waals surface area contributed by atoms with E-state index in [1.54, 1.807) is 37.3 Å². The van der Waals surface area contributed by atoms with Crippen LogP contribution in [-0.2, 0) is 19.1 Å². The molecule has 2 aromatic rings. The maximum absolute atomic E-state index is 13.3. The molecule has 0 saturated carbocycles. The summed E-state index contributed by atoms with van der Waals surface area (Å²) in [7, 11) is 1.43. The highest BCUT2D eigenvalue weighted by Crippen LogP contribution is 2.36. The molecule has 0 radical (unpaired) electrons. The molecule has 1 N–H and O–H groups in total. The monoisotopic (exact) mass is 634 g/mol. The molecule has 0 unspecified atom stereocenters. The lowest BCUT2D eigenvalue weighted by Crippen LogP contribution is -2.54. The summed E-state index contributed by atoms with van der Waals surface area (Å²) >= 11 is 19.5. The summed E-state index contributed by atoms with van der Waals surface area (Å²) in [5, 5.41) is 2.73. The molecule has 0 aromatic heterocycles. The highest BCUT2D eigenvalue weighted by atomic mass is 127. The first-order valence-electron chi connectivity index (χ1n) is 9.69. The van der Waals surface area contributed by atoms with Gasteiger partial charge in [-0.2, -0.15) is 0 Å². The second kappa shape index (κ2) is 11.3. The number of hydrogen-bond donors (Lipinski definition) is 1. The predicted octanol–water partition coefficient (Wildman–Crippen LogP) is 4.38. The standard InChI is InChI=1S/C22H17Cl2IN2O6S/c1-3-32-17(28)10-33-19-14(25)8-11(9-16(19)31-2)7-12-20(29)26-22(34)27(21(12)30)15-6-4-5-13(23)18(15)24/h4-9H,3,10H2,1-2H3,(H,26,29,34)/b12-7+. The molecule has 12 heteroatoms. The number of amides is 2. The minimum Gasteiger partial charge on any atom is -0.493 e. The second-order valence-electron chi connectivity index (χ2n) is 6.66. The Kier molecular flexibility index (Phi) is 8.74. The maximum atomic E-state index is 13.3. The Bertz CT molecular complexity index is 1220. The first-order valence-corrected chi connectivity index (χ1v) is 11.9. The zero-order valence-electron chi connectivity index (χ0n) is 17.8. The van der Waals surface area contributed by atoms with Crippen molar-refractivity contribution < 1.29 is 28.6 Å². The SMILES string of the molecule is CCOC(=O)COc1c(I)cc(/C=C2\C(=O)NC(=S)N(c3cccc(Cl)c3Cl)C2=O)cc1OC. The topological polar surface area (TPSA) is 94.2 Å². The molecule has 3 rings (SSSR count). The van der Waals surface area contributed by atoms with E-state index in [2.05, 4.69) is 5.32 Å². The zero-order chi connectivity index (χ0) is 25.0. The molecule has 1 saturated heterocycles. The van der Waals surface area contributed by atoms with Crippen LogP contribution in [0.3, 0.4) is 0 Å². The summed E-state index contributed by atoms with van der Waals surface area (Å²) in [6.07, 6.45) is 1.39. The molecular formula is C22H17Cl2IN2O6S. The van der Waals surface area contributed by atoms with Crippen LogP contribution in [0.1, 0.15) is 12.5 Å². The Labute approximate surface area is 224 Å². The fourth-order valence-electron chi connectivity index (χ4n) is 3.00. The van der Waals surface area contributed by atoms with Crippen LogP contribution in [0.15, 0.2) is 35.9 Å². The van der Waals surface area contributed by atoms with Crippen molar-refractivity contribution in [3.8, 4) is 11.5 Å². The lowest BCUT2D eigenvalue weighted by atomic mass is 10.1. The number of nitrogens with zero attached hydrogens (tertiary/aromatic N) is 1. The Hall–Kier alpha value is -2.41. The van der Waals surface area contributed by atoms with E-state index in [9.17, 15) is 14.4 Å². The smallest absolute Gasteiger partial charge is 0.344 e. The molecule has 0 aliphatic carbocycles. The third-order valence-electron chi connectivity index (χ3n) is 4.48. The molecule has 0 spiro atoms. The molecule has 2 amide bonds. The molecule has 0 bridgehead atoms. The lowest BCUT2D eigenvalue weighted by Gasteiger charge is -2.29. The van der Waals surface area contributed by atoms with Gasteiger partial charge in [-0.15, -0.1) is 0 Å². The molecule has 8 nitrogen and oxygen atoms in total. The number of benzene rings is 2. The van der Waals surface area contributed by atoms with Crippen molar-refractivity contribution in [1.29, 1.82) is 0 Å². The number of esters is 1. The molecule has 178 valence electrons. The van der Waals surface area contributed by atoms with Crippen LogP contribution in [0.25, 0.3) is 6.08 Å². The zero-order valence-corrected chi connectivity index (χ0v) is 22.3. The third kappa shape index (κ3) is 5.62. The summed E-state index contributed by atoms with van der Waals surface area (Å²) in [5.41, 5.74) is 0.542. The lowest BCUT2D eigenvalue weighted by molar-refractivity contribution is -0.145. The van der Waals surface area contributed by atoms with E-state index in [1.165, 1.54) is 13.2 Å². The van der Waals surface area contributed by atoms with Crippen molar-refractivity contribution >= 4 is 92.7 Å². The van der Waals surface area contributed by atoms with Gasteiger partial charge in [-0.05, 0) is 77.6 Å². The quantitative estimate of drug-likeness (QED) is 0.159. The van der Waals surface area contributed by atoms with Gasteiger partial charge in [0.15, 0.2) is 23.2 Å². The van der Waals surface area contributed by atoms with Gasteiger partial charge in [0.1, 0.15) is 5.57 Å². The van der Waals surface area contributed by atoms with Gasteiger partial charge in [0, 0.05) is 0 Å². The number of ether oxygens (including phenoxy) is 3. The molecule has 34 heavy (non-hydrogen) atoms. The minimum absolute atomic E-state index is 0.119. The molecule has 1 aliphatic heterocycles. The summed E-state index contributed by atoms with van der Waals surface area (Å²) in [5.74, 6) is -1.23. The van der Waals surface area contributed by atoms with Crippen LogP contribution >= 0.6 is 58.0 Å². The number of thiocarbonyl (C=S) groups is 1. The second-order valence-corrected chi connectivity index (χ2v) is 8.99. The number of hydrogen-bond acceptors (Lipinski definition) is 7. The average molecular weight is 635 g/mol. The first-order chi connectivity index (χ1) is 16.2. The fraction of sp³-hybridized carbons (Fsp3) is 0.182. The van der Waals surface area contributed by atoms with Crippen molar-refractivity contribution in [3.05, 3.63) is 55.1 Å². The van der Waals surface area contributed by atoms with Crippen LogP contribution < -0.4 is 19.7 Å². The summed E-state index contributed by atoms with van der Waals surface area (Å²) in [6.45, 7) is 1.63. The van der Waals surface area contributed by atoms with Gasteiger partial charge in [-0.25, -0.2) is 4.79 Å². The Balaban J connectivity index is 1.97. The van der Waals surface area contributed by atoms with Gasteiger partial charge in [-0.1, -0.05) is 29.3 Å². The van der Waals surface area contributed by atoms with Gasteiger partial charge >= 0.3 is 5.97 Å². The van der Waals surface area contributed by atoms with Crippen LogP contribution in [0.2, 0.25) is 10.0 Å². The van der Waals surface area contributed by atoms with Crippen molar-refractivity contribution in [2.75, 3.05) is 25.2 Å². The number of carbonyl (C=O) groups is 3. The van der Waals surface area contributed by atoms with Crippen molar-refractivity contribution in [3.63, 3.8) is 0 Å². The minimum atomic E-state index is -0.672. The molecule has 0 atom stereocenters. The number of methoxy groups -OCH3 is 1. The van der Waals surface area contributed by atoms with E-state index >= 15 is 0 Å². The van der Waals surface area contributed by atoms with Gasteiger partial charge in [0.05, 0.1) is 33.0 Å². The maximum Gasteiger partial charge on any atom is 0.344 e. The van der Waals surface area contributed by atoms with Crippen LogP contribution in [0.5, 0.6) is 11.5 Å². The number of nitrogens with one attached hydrogen (secondary N) is 1. The predicted molar refractivity (Wildman–Crippen MR) is 141 cm³/mol. The van der Waals surface area contributed by atoms with Crippen LogP contribution in [0, 0.1) is 3.57 Å². The van der Waals surface area contributed by atoms with Gasteiger partial charge in [0.25, 0.3) is 11.8 Å². The fourth-order valence-corrected chi connectivity index (χ4v) is 4.44. The number of rotatable bonds is 7.